The van der Waals surface area contributed by atoms with Crippen LogP contribution in [0.15, 0.2) is 65.0 Å². The van der Waals surface area contributed by atoms with Crippen LogP contribution in [-0.4, -0.2) is 22.0 Å². The smallest absolute Gasteiger partial charge is 0.168 e. The lowest BCUT2D eigenvalue weighted by Crippen LogP contribution is -2.35. The number of thioether (sulfide) groups is 1. The molecule has 0 fully saturated rings. The number of nitrogens with one attached hydrogen (secondary N) is 2. The van der Waals surface area contributed by atoms with E-state index in [-0.39, 0.29) is 11.2 Å². The number of ketones is 1. The zero-order valence-corrected chi connectivity index (χ0v) is 18.0. The molecule has 1 aliphatic carbocycles. The normalized spacial score (nSPS) is 16.0. The lowest BCUT2D eigenvalue weighted by molar-refractivity contribution is -0.117. The van der Waals surface area contributed by atoms with Crippen molar-refractivity contribution in [3.8, 4) is 0 Å². The fraction of sp³-hybridized carbons (Fsp3) is 0.318. The fourth-order valence-corrected chi connectivity index (χ4v) is 4.31. The van der Waals surface area contributed by atoms with E-state index in [1.807, 2.05) is 48.9 Å². The van der Waals surface area contributed by atoms with Crippen molar-refractivity contribution in [2.75, 3.05) is 11.6 Å². The number of carbonyl (C=O) groups is 1. The summed E-state index contributed by atoms with van der Waals surface area (Å²) in [4.78, 5) is 18.7. The number of anilines is 1. The van der Waals surface area contributed by atoms with Crippen molar-refractivity contribution in [3.63, 3.8) is 0 Å². The van der Waals surface area contributed by atoms with Gasteiger partial charge < -0.3 is 10.6 Å². The third kappa shape index (κ3) is 5.00. The second-order valence-corrected chi connectivity index (χ2v) is 8.91. The van der Waals surface area contributed by atoms with Crippen LogP contribution < -0.4 is 10.6 Å². The number of nitrogens with zero attached hydrogens (tertiary/aromatic N) is 1. The minimum absolute atomic E-state index is 0.0898. The maximum atomic E-state index is 12.9. The number of rotatable bonds is 6. The van der Waals surface area contributed by atoms with E-state index in [1.165, 1.54) is 0 Å². The molecule has 1 aromatic heterocycles. The Labute approximate surface area is 176 Å². The van der Waals surface area contributed by atoms with Crippen LogP contribution in [0.25, 0.3) is 0 Å². The molecule has 4 nitrogen and oxygen atoms in total. The number of hydrogen-bond donors (Lipinski definition) is 2. The van der Waals surface area contributed by atoms with Crippen molar-refractivity contribution >= 4 is 40.4 Å². The highest BCUT2D eigenvalue weighted by Gasteiger charge is 2.34. The van der Waals surface area contributed by atoms with Gasteiger partial charge in [-0.3, -0.25) is 9.78 Å². The van der Waals surface area contributed by atoms with Crippen LogP contribution >= 0.6 is 24.0 Å². The Kier molecular flexibility index (Phi) is 6.52. The molecule has 0 saturated carbocycles. The summed E-state index contributed by atoms with van der Waals surface area (Å²) in [7, 11) is 0. The Balaban J connectivity index is 1.87. The van der Waals surface area contributed by atoms with Crippen molar-refractivity contribution in [1.82, 2.24) is 10.3 Å². The van der Waals surface area contributed by atoms with Gasteiger partial charge in [0.2, 0.25) is 0 Å². The maximum absolute atomic E-state index is 12.9. The average Bonchev–Trinajstić information content (AvgIpc) is 2.66. The number of pyridine rings is 1. The highest BCUT2D eigenvalue weighted by atomic mass is 32.2. The van der Waals surface area contributed by atoms with Gasteiger partial charge in [-0.05, 0) is 41.9 Å². The summed E-state index contributed by atoms with van der Waals surface area (Å²) in [6.07, 6.45) is 6.98. The monoisotopic (exact) mass is 411 g/mol. The Hall–Kier alpha value is -2.18. The van der Waals surface area contributed by atoms with Crippen molar-refractivity contribution in [2.24, 2.45) is 5.41 Å². The third-order valence-electron chi connectivity index (χ3n) is 4.72. The van der Waals surface area contributed by atoms with Crippen LogP contribution in [0.5, 0.6) is 0 Å². The molecule has 28 heavy (non-hydrogen) atoms. The lowest BCUT2D eigenvalue weighted by Gasteiger charge is -2.33. The van der Waals surface area contributed by atoms with Crippen molar-refractivity contribution in [3.05, 3.63) is 65.6 Å². The van der Waals surface area contributed by atoms with Crippen molar-refractivity contribution < 1.29 is 4.79 Å². The fourth-order valence-electron chi connectivity index (χ4n) is 3.39. The summed E-state index contributed by atoms with van der Waals surface area (Å²) in [6.45, 7) is 4.88. The Bertz CT molecular complexity index is 907. The molecule has 1 aliphatic rings. The number of Topliss-reactive ketones (excluding diaryl/α,β-unsaturated/α-hetero) is 1. The van der Waals surface area contributed by atoms with E-state index in [2.05, 4.69) is 29.5 Å². The zero-order valence-electron chi connectivity index (χ0n) is 16.4. The molecule has 0 aliphatic heterocycles. The van der Waals surface area contributed by atoms with Crippen LogP contribution in [0, 0.1) is 5.41 Å². The summed E-state index contributed by atoms with van der Waals surface area (Å²) in [5.74, 6) is 0.0898. The van der Waals surface area contributed by atoms with E-state index in [1.54, 1.807) is 18.0 Å². The topological polar surface area (TPSA) is 54.0 Å². The van der Waals surface area contributed by atoms with E-state index >= 15 is 0 Å². The molecular formula is C22H25N3OS2. The molecule has 2 N–H and O–H groups in total. The summed E-state index contributed by atoms with van der Waals surface area (Å²) in [5.41, 5.74) is 3.48. The second-order valence-electron chi connectivity index (χ2n) is 7.66. The molecule has 0 radical (unpaired) electrons. The predicted octanol–water partition coefficient (Wildman–Crippen LogP) is 4.98. The van der Waals surface area contributed by atoms with Crippen LogP contribution in [0.1, 0.15) is 32.3 Å². The van der Waals surface area contributed by atoms with Gasteiger partial charge in [-0.25, -0.2) is 0 Å². The van der Waals surface area contributed by atoms with Gasteiger partial charge in [0.1, 0.15) is 4.99 Å². The predicted molar refractivity (Wildman–Crippen MR) is 121 cm³/mol. The minimum atomic E-state index is -0.0914. The van der Waals surface area contributed by atoms with Gasteiger partial charge in [-0.15, -0.1) is 11.8 Å². The molecule has 0 amide bonds. The number of hydrogen-bond acceptors (Lipinski definition) is 5. The first-order valence-electron chi connectivity index (χ1n) is 9.23. The average molecular weight is 412 g/mol. The number of para-hydroxylation sites is 1. The summed E-state index contributed by atoms with van der Waals surface area (Å²) in [5, 5.41) is 6.72. The zero-order chi connectivity index (χ0) is 20.1. The lowest BCUT2D eigenvalue weighted by atomic mass is 9.75. The van der Waals surface area contributed by atoms with Crippen LogP contribution in [0.3, 0.4) is 0 Å². The molecule has 1 aromatic carbocycles. The number of allylic oxidation sites excluding steroid dienone is 1. The van der Waals surface area contributed by atoms with Crippen LogP contribution in [0.4, 0.5) is 5.69 Å². The molecule has 0 unspecified atom stereocenters. The number of benzene rings is 1. The van der Waals surface area contributed by atoms with E-state index < -0.39 is 0 Å². The first-order valence-corrected chi connectivity index (χ1v) is 10.9. The number of carbonyl (C=O) groups excluding carboxylic acids is 1. The van der Waals surface area contributed by atoms with E-state index in [9.17, 15) is 4.79 Å². The summed E-state index contributed by atoms with van der Waals surface area (Å²) in [6, 6.07) is 11.7. The molecule has 3 rings (SSSR count). The number of aromatic nitrogens is 1. The van der Waals surface area contributed by atoms with Gasteiger partial charge in [-0.2, -0.15) is 0 Å². The van der Waals surface area contributed by atoms with E-state index in [0.29, 0.717) is 23.5 Å². The first kappa shape index (κ1) is 20.6. The molecule has 6 heteroatoms. The molecule has 0 spiro atoms. The highest BCUT2D eigenvalue weighted by Crippen LogP contribution is 2.36. The maximum Gasteiger partial charge on any atom is 0.168 e. The molecule has 0 bridgehead atoms. The molecule has 0 atom stereocenters. The van der Waals surface area contributed by atoms with Crippen LogP contribution in [-0.2, 0) is 11.3 Å². The van der Waals surface area contributed by atoms with Gasteiger partial charge in [0.05, 0.1) is 5.57 Å². The Morgan fingerprint density at radius 2 is 1.96 bits per heavy atom. The van der Waals surface area contributed by atoms with E-state index in [0.717, 1.165) is 28.3 Å². The van der Waals surface area contributed by atoms with Gasteiger partial charge >= 0.3 is 0 Å². The van der Waals surface area contributed by atoms with Crippen molar-refractivity contribution in [2.45, 2.75) is 38.1 Å². The summed E-state index contributed by atoms with van der Waals surface area (Å²) >= 11 is 7.29. The number of thiocarbonyl (C=S) groups is 1. The SMILES string of the molecule is CSc1cnccc1CNC1=C(C(=S)Nc2ccccc2)C(=O)CC(C)(C)C1. The van der Waals surface area contributed by atoms with Gasteiger partial charge in [0.15, 0.2) is 5.78 Å². The van der Waals surface area contributed by atoms with Gasteiger partial charge in [0, 0.05) is 41.6 Å². The Morgan fingerprint density at radius 3 is 2.68 bits per heavy atom. The molecular weight excluding hydrogens is 386 g/mol. The third-order valence-corrected chi connectivity index (χ3v) is 5.83. The standard InChI is InChI=1S/C22H25N3OS2/c1-22(2)11-17(24-13-15-9-10-23-14-19(15)28-3)20(18(26)12-22)21(27)25-16-7-5-4-6-8-16/h4-10,14,24H,11-13H2,1-3H3,(H,25,27). The summed E-state index contributed by atoms with van der Waals surface area (Å²) < 4.78 is 0. The Morgan fingerprint density at radius 1 is 1.21 bits per heavy atom. The van der Waals surface area contributed by atoms with Gasteiger partial charge in [0.25, 0.3) is 0 Å². The van der Waals surface area contributed by atoms with Gasteiger partial charge in [-0.1, -0.05) is 44.3 Å². The van der Waals surface area contributed by atoms with Crippen molar-refractivity contribution in [1.29, 1.82) is 0 Å². The van der Waals surface area contributed by atoms with Crippen LogP contribution in [0.2, 0.25) is 0 Å². The van der Waals surface area contributed by atoms with E-state index in [4.69, 9.17) is 12.2 Å². The molecule has 1 heterocycles. The second kappa shape index (κ2) is 8.88. The minimum Gasteiger partial charge on any atom is -0.384 e. The quantitative estimate of drug-likeness (QED) is 0.517. The highest BCUT2D eigenvalue weighted by molar-refractivity contribution is 7.98. The largest absolute Gasteiger partial charge is 0.384 e. The molecule has 2 aromatic rings. The first-order chi connectivity index (χ1) is 13.4. The molecule has 146 valence electrons. The molecule has 0 saturated heterocycles.